The van der Waals surface area contributed by atoms with Crippen LogP contribution in [0.25, 0.3) is 0 Å². The number of carbonyl (C=O) groups excluding carboxylic acids is 4. The summed E-state index contributed by atoms with van der Waals surface area (Å²) in [5, 5.41) is 7.25. The first kappa shape index (κ1) is 36.2. The van der Waals surface area contributed by atoms with Gasteiger partial charge in [0.2, 0.25) is 0 Å². The third kappa shape index (κ3) is 14.8. The first-order valence-electron chi connectivity index (χ1n) is 14.1. The molecule has 0 aromatic heterocycles. The van der Waals surface area contributed by atoms with Gasteiger partial charge < -0.3 is 29.9 Å². The van der Waals surface area contributed by atoms with Crippen molar-refractivity contribution in [1.82, 2.24) is 16.0 Å². The summed E-state index contributed by atoms with van der Waals surface area (Å²) in [5.41, 5.74) is 0.792. The Bertz CT molecular complexity index is 1060. The van der Waals surface area contributed by atoms with E-state index in [-0.39, 0.29) is 39.0 Å². The van der Waals surface area contributed by atoms with E-state index in [0.717, 1.165) is 12.0 Å². The predicted molar refractivity (Wildman–Crippen MR) is 148 cm³/mol. The van der Waals surface area contributed by atoms with Crippen LogP contribution >= 0.6 is 8.25 Å². The van der Waals surface area contributed by atoms with Crippen LogP contribution in [0.2, 0.25) is 0 Å². The number of hydrogen-bond donors (Lipinski definition) is 3. The molecule has 2 amide bonds. The van der Waals surface area contributed by atoms with Gasteiger partial charge in [0.05, 0.1) is 12.6 Å². The molecule has 0 spiro atoms. The van der Waals surface area contributed by atoms with E-state index in [2.05, 4.69) is 10.6 Å². The van der Waals surface area contributed by atoms with Crippen molar-refractivity contribution < 1.29 is 55.4 Å². The number of amides is 2. The van der Waals surface area contributed by atoms with Gasteiger partial charge in [-0.25, -0.2) is 14.4 Å². The molecular formula is C27H39F3N3O9P. The van der Waals surface area contributed by atoms with Gasteiger partial charge >= 0.3 is 38.4 Å². The SMILES string of the molecule is CCCCC(CO[PH](=O)OC(CCCCNC(=O)C(F)(F)F)C(=O)OC(=O)[C@@H]1CCCN1)NC(=O)OCc1ccccc1. The largest absolute Gasteiger partial charge is 0.471 e. The first-order valence-corrected chi connectivity index (χ1v) is 15.4. The maximum atomic E-state index is 12.7. The number of hydrogen-bond acceptors (Lipinski definition) is 10. The zero-order valence-electron chi connectivity index (χ0n) is 23.9. The molecule has 12 nitrogen and oxygen atoms in total. The van der Waals surface area contributed by atoms with Gasteiger partial charge in [-0.05, 0) is 50.6 Å². The number of ether oxygens (including phenoxy) is 2. The molecular weight excluding hydrogens is 598 g/mol. The van der Waals surface area contributed by atoms with E-state index in [1.54, 1.807) is 17.4 Å². The number of alkyl halides is 3. The van der Waals surface area contributed by atoms with Crippen LogP contribution in [0.1, 0.15) is 63.9 Å². The zero-order valence-corrected chi connectivity index (χ0v) is 24.9. The lowest BCUT2D eigenvalue weighted by atomic mass is 10.1. The Morgan fingerprint density at radius 2 is 1.84 bits per heavy atom. The van der Waals surface area contributed by atoms with Crippen molar-refractivity contribution in [2.45, 2.75) is 89.3 Å². The van der Waals surface area contributed by atoms with Crippen LogP contribution in [0.15, 0.2) is 30.3 Å². The van der Waals surface area contributed by atoms with Gasteiger partial charge in [-0.15, -0.1) is 0 Å². The number of benzene rings is 1. The average Bonchev–Trinajstić information content (AvgIpc) is 3.52. The fraction of sp³-hybridized carbons (Fsp3) is 0.630. The van der Waals surface area contributed by atoms with Crippen molar-refractivity contribution in [3.63, 3.8) is 0 Å². The molecule has 4 atom stereocenters. The van der Waals surface area contributed by atoms with Crippen LogP contribution in [0.3, 0.4) is 0 Å². The number of rotatable bonds is 18. The van der Waals surface area contributed by atoms with Crippen LogP contribution in [-0.4, -0.2) is 68.0 Å². The van der Waals surface area contributed by atoms with Gasteiger partial charge in [-0.3, -0.25) is 13.9 Å². The van der Waals surface area contributed by atoms with Crippen LogP contribution in [0.5, 0.6) is 0 Å². The third-order valence-corrected chi connectivity index (χ3v) is 7.21. The van der Waals surface area contributed by atoms with Crippen molar-refractivity contribution in [2.24, 2.45) is 0 Å². The molecule has 0 saturated carbocycles. The summed E-state index contributed by atoms with van der Waals surface area (Å²) >= 11 is 0. The van der Waals surface area contributed by atoms with Crippen molar-refractivity contribution >= 4 is 32.2 Å². The highest BCUT2D eigenvalue weighted by molar-refractivity contribution is 7.33. The second-order valence-corrected chi connectivity index (χ2v) is 10.9. The smallest absolute Gasteiger partial charge is 0.445 e. The zero-order chi connectivity index (χ0) is 31.7. The summed E-state index contributed by atoms with van der Waals surface area (Å²) in [6, 6.07) is 7.78. The molecule has 0 bridgehead atoms. The highest BCUT2D eigenvalue weighted by Gasteiger charge is 2.38. The molecule has 0 radical (unpaired) electrons. The van der Waals surface area contributed by atoms with Crippen molar-refractivity contribution in [3.8, 4) is 0 Å². The Kier molecular flexibility index (Phi) is 16.3. The Hall–Kier alpha value is -3.00. The highest BCUT2D eigenvalue weighted by Crippen LogP contribution is 2.29. The molecule has 43 heavy (non-hydrogen) atoms. The van der Waals surface area contributed by atoms with Crippen LogP contribution in [0.4, 0.5) is 18.0 Å². The summed E-state index contributed by atoms with van der Waals surface area (Å²) in [6.07, 6.45) is -4.14. The van der Waals surface area contributed by atoms with E-state index in [1.165, 1.54) is 0 Å². The van der Waals surface area contributed by atoms with Crippen molar-refractivity contribution in [3.05, 3.63) is 35.9 Å². The summed E-state index contributed by atoms with van der Waals surface area (Å²) in [4.78, 5) is 48.2. The molecule has 3 unspecified atom stereocenters. The third-order valence-electron chi connectivity index (χ3n) is 6.33. The minimum absolute atomic E-state index is 0.0307. The Morgan fingerprint density at radius 3 is 2.49 bits per heavy atom. The molecule has 3 N–H and O–H groups in total. The Morgan fingerprint density at radius 1 is 1.09 bits per heavy atom. The van der Waals surface area contributed by atoms with Gasteiger partial charge in [0.1, 0.15) is 12.6 Å². The molecule has 1 aromatic carbocycles. The molecule has 1 aliphatic rings. The minimum Gasteiger partial charge on any atom is -0.445 e. The van der Waals surface area contributed by atoms with E-state index < -0.39 is 56.6 Å². The van der Waals surface area contributed by atoms with E-state index in [0.29, 0.717) is 32.2 Å². The fourth-order valence-corrected chi connectivity index (χ4v) is 4.85. The Labute approximate surface area is 248 Å². The maximum absolute atomic E-state index is 12.7. The number of unbranched alkanes of at least 4 members (excludes halogenated alkanes) is 2. The summed E-state index contributed by atoms with van der Waals surface area (Å²) in [6.45, 7) is 2.01. The quantitative estimate of drug-likeness (QED) is 0.0932. The molecule has 1 heterocycles. The van der Waals surface area contributed by atoms with Crippen molar-refractivity contribution in [1.29, 1.82) is 0 Å². The van der Waals surface area contributed by atoms with Crippen LogP contribution in [0, 0.1) is 0 Å². The van der Waals surface area contributed by atoms with Gasteiger partial charge in [-0.1, -0.05) is 50.1 Å². The summed E-state index contributed by atoms with van der Waals surface area (Å²) < 4.78 is 70.5. The second kappa shape index (κ2) is 19.3. The Balaban J connectivity index is 1.90. The maximum Gasteiger partial charge on any atom is 0.471 e. The molecule has 1 aliphatic heterocycles. The van der Waals surface area contributed by atoms with Crippen LogP contribution in [-0.2, 0) is 44.1 Å². The van der Waals surface area contributed by atoms with Crippen molar-refractivity contribution in [2.75, 3.05) is 19.7 Å². The van der Waals surface area contributed by atoms with E-state index in [1.807, 2.05) is 25.1 Å². The normalized spacial score (nSPS) is 17.0. The van der Waals surface area contributed by atoms with E-state index in [4.69, 9.17) is 18.5 Å². The number of nitrogens with one attached hydrogen (secondary N) is 3. The predicted octanol–water partition coefficient (Wildman–Crippen LogP) is 3.93. The molecule has 1 fully saturated rings. The lowest BCUT2D eigenvalue weighted by Gasteiger charge is -2.20. The molecule has 0 aliphatic carbocycles. The molecule has 1 saturated heterocycles. The number of halogens is 3. The second-order valence-electron chi connectivity index (χ2n) is 9.85. The lowest BCUT2D eigenvalue weighted by molar-refractivity contribution is -0.173. The monoisotopic (exact) mass is 637 g/mol. The number of esters is 2. The van der Waals surface area contributed by atoms with E-state index in [9.17, 15) is 36.9 Å². The topological polar surface area (TPSA) is 158 Å². The van der Waals surface area contributed by atoms with Gasteiger partial charge in [0.15, 0.2) is 6.10 Å². The lowest BCUT2D eigenvalue weighted by Crippen LogP contribution is -2.38. The molecule has 242 valence electrons. The first-order chi connectivity index (χ1) is 20.5. The number of alkyl carbamates (subject to hydrolysis) is 1. The molecule has 1 aromatic rings. The highest BCUT2D eigenvalue weighted by atomic mass is 31.1. The minimum atomic E-state index is -5.02. The summed E-state index contributed by atoms with van der Waals surface area (Å²) in [5.74, 6) is -4.04. The fourth-order valence-electron chi connectivity index (χ4n) is 4.00. The number of carbonyl (C=O) groups is 4. The standard InChI is InChI=1S/C27H39F3N3O9P/c1-2-3-12-20(33-26(37)39-17-19-10-5-4-6-11-19)18-40-43(38)42-22(14-7-8-15-32-25(36)27(28,29)30)24(35)41-23(34)21-13-9-16-31-21/h4-6,10-11,20-22,31,43H,2-3,7-9,12-18H2,1H3,(H,32,36)(H,33,37)/t20?,21-,22?/m0/s1. The molecule has 2 rings (SSSR count). The van der Waals surface area contributed by atoms with E-state index >= 15 is 0 Å². The van der Waals surface area contributed by atoms with Gasteiger partial charge in [0, 0.05) is 6.54 Å². The average molecular weight is 638 g/mol. The van der Waals surface area contributed by atoms with Gasteiger partial charge in [0.25, 0.3) is 0 Å². The summed E-state index contributed by atoms with van der Waals surface area (Å²) in [7, 11) is -3.36. The van der Waals surface area contributed by atoms with Crippen LogP contribution < -0.4 is 16.0 Å². The molecule has 16 heteroatoms. The van der Waals surface area contributed by atoms with Gasteiger partial charge in [-0.2, -0.15) is 13.2 Å².